The van der Waals surface area contributed by atoms with E-state index in [4.69, 9.17) is 26.1 Å². The molecule has 0 bridgehead atoms. The number of nitriles is 1. The lowest BCUT2D eigenvalue weighted by Gasteiger charge is -2.30. The molecule has 4 aromatic rings. The van der Waals surface area contributed by atoms with Gasteiger partial charge in [-0.05, 0) is 42.7 Å². The number of fused-ring (bicyclic) bond motifs is 2. The van der Waals surface area contributed by atoms with E-state index in [2.05, 4.69) is 16.0 Å². The maximum atomic E-state index is 14.2. The molecule has 1 saturated heterocycles. The molecule has 0 N–H and O–H groups in total. The van der Waals surface area contributed by atoms with E-state index in [1.54, 1.807) is 6.07 Å². The Hall–Kier alpha value is -3.79. The topological polar surface area (TPSA) is 89.1 Å². The van der Waals surface area contributed by atoms with Gasteiger partial charge >= 0.3 is 6.18 Å². The van der Waals surface area contributed by atoms with Gasteiger partial charge in [0.15, 0.2) is 5.65 Å². The number of nitrogens with zero attached hydrogens (tertiary/aromatic N) is 6. The first-order valence-electron chi connectivity index (χ1n) is 12.9. The molecule has 41 heavy (non-hydrogen) atoms. The minimum Gasteiger partial charge on any atom is -0.472 e. The lowest BCUT2D eigenvalue weighted by Crippen LogP contribution is -2.34. The van der Waals surface area contributed by atoms with E-state index in [1.165, 1.54) is 18.3 Å². The Bertz CT molecular complexity index is 1660. The quantitative estimate of drug-likeness (QED) is 0.267. The number of benzene rings is 1. The highest BCUT2D eigenvalue weighted by Gasteiger charge is 2.37. The lowest BCUT2D eigenvalue weighted by atomic mass is 10.0. The molecule has 0 aliphatic carbocycles. The Kier molecular flexibility index (Phi) is 7.27. The molecule has 1 fully saturated rings. The second-order valence-corrected chi connectivity index (χ2v) is 10.5. The van der Waals surface area contributed by atoms with Crippen molar-refractivity contribution in [1.82, 2.24) is 24.4 Å². The van der Waals surface area contributed by atoms with Gasteiger partial charge in [-0.2, -0.15) is 18.4 Å². The third kappa shape index (κ3) is 5.70. The summed E-state index contributed by atoms with van der Waals surface area (Å²) in [6, 6.07) is 8.71. The van der Waals surface area contributed by atoms with Crippen molar-refractivity contribution in [3.63, 3.8) is 0 Å². The molecule has 5 heterocycles. The van der Waals surface area contributed by atoms with Crippen molar-refractivity contribution in [2.75, 3.05) is 13.2 Å². The standard InChI is InChI=1S/C28H23ClF4N6O2/c29-19-2-1-18(22(30)9-19)15-41-27-21(28(31,32)33)8-17-3-5-38(13-24(17)37-27)14-25-36-23-7-16(10-34)11-35-26(23)39(25)12-20-4-6-40-20/h1-2,7-9,11,20H,3-6,12-15H2/t20-/m0/s1. The molecule has 0 unspecified atom stereocenters. The SMILES string of the molecule is N#Cc1cnc2c(c1)nc(CN1CCc3cc(C(F)(F)F)c(OCc4ccc(Cl)cc4F)nc3C1)n2C[C@@H]1CCO1. The largest absolute Gasteiger partial charge is 0.472 e. The van der Waals surface area contributed by atoms with Crippen molar-refractivity contribution in [3.8, 4) is 11.9 Å². The molecule has 1 aromatic carbocycles. The first-order chi connectivity index (χ1) is 19.7. The second kappa shape index (κ2) is 10.9. The predicted octanol–water partition coefficient (Wildman–Crippen LogP) is 5.44. The molecule has 1 atom stereocenters. The number of imidazole rings is 1. The van der Waals surface area contributed by atoms with E-state index in [9.17, 15) is 22.8 Å². The van der Waals surface area contributed by atoms with Crippen LogP contribution in [0, 0.1) is 17.1 Å². The molecule has 0 amide bonds. The van der Waals surface area contributed by atoms with Crippen LogP contribution in [-0.4, -0.2) is 43.7 Å². The maximum absolute atomic E-state index is 14.2. The Balaban J connectivity index is 1.27. The molecule has 2 aliphatic rings. The van der Waals surface area contributed by atoms with Crippen LogP contribution in [0.2, 0.25) is 5.02 Å². The van der Waals surface area contributed by atoms with Gasteiger partial charge in [0.1, 0.15) is 35.4 Å². The Morgan fingerprint density at radius 1 is 1.20 bits per heavy atom. The van der Waals surface area contributed by atoms with Gasteiger partial charge in [-0.1, -0.05) is 17.7 Å². The fraction of sp³-hybridized carbons (Fsp3) is 0.357. The summed E-state index contributed by atoms with van der Waals surface area (Å²) in [6.45, 7) is 1.96. The highest BCUT2D eigenvalue weighted by atomic mass is 35.5. The molecule has 0 radical (unpaired) electrons. The third-order valence-corrected chi connectivity index (χ3v) is 7.48. The van der Waals surface area contributed by atoms with Crippen molar-refractivity contribution >= 4 is 22.8 Å². The van der Waals surface area contributed by atoms with Crippen LogP contribution in [0.25, 0.3) is 11.2 Å². The van der Waals surface area contributed by atoms with Crippen molar-refractivity contribution in [2.45, 2.75) is 51.4 Å². The van der Waals surface area contributed by atoms with Crippen molar-refractivity contribution in [2.24, 2.45) is 0 Å². The van der Waals surface area contributed by atoms with Crippen LogP contribution < -0.4 is 4.74 Å². The number of alkyl halides is 3. The fourth-order valence-corrected chi connectivity index (χ4v) is 5.15. The van der Waals surface area contributed by atoms with Crippen LogP contribution in [0.4, 0.5) is 17.6 Å². The molecule has 0 spiro atoms. The molecule has 212 valence electrons. The lowest BCUT2D eigenvalue weighted by molar-refractivity contribution is -0.139. The molecule has 8 nitrogen and oxygen atoms in total. The summed E-state index contributed by atoms with van der Waals surface area (Å²) in [5, 5.41) is 9.45. The first kappa shape index (κ1) is 27.4. The van der Waals surface area contributed by atoms with E-state index in [1.807, 2.05) is 9.47 Å². The smallest absolute Gasteiger partial charge is 0.421 e. The van der Waals surface area contributed by atoms with Crippen LogP contribution in [0.15, 0.2) is 36.5 Å². The predicted molar refractivity (Wildman–Crippen MR) is 139 cm³/mol. The van der Waals surface area contributed by atoms with Crippen LogP contribution in [0.1, 0.15) is 40.2 Å². The molecule has 13 heteroatoms. The fourth-order valence-electron chi connectivity index (χ4n) is 4.99. The summed E-state index contributed by atoms with van der Waals surface area (Å²) in [6.07, 6.45) is -1.89. The van der Waals surface area contributed by atoms with Gasteiger partial charge in [0, 0.05) is 36.5 Å². The van der Waals surface area contributed by atoms with Gasteiger partial charge in [-0.25, -0.2) is 19.3 Å². The number of aromatic nitrogens is 4. The van der Waals surface area contributed by atoms with E-state index in [0.29, 0.717) is 66.5 Å². The first-order valence-corrected chi connectivity index (χ1v) is 13.3. The van der Waals surface area contributed by atoms with Crippen LogP contribution in [0.3, 0.4) is 0 Å². The summed E-state index contributed by atoms with van der Waals surface area (Å²) in [4.78, 5) is 15.5. The Labute approximate surface area is 237 Å². The number of ether oxygens (including phenoxy) is 2. The van der Waals surface area contributed by atoms with E-state index in [0.717, 1.165) is 18.6 Å². The van der Waals surface area contributed by atoms with Gasteiger partial charge in [0.05, 0.1) is 30.5 Å². The van der Waals surface area contributed by atoms with Crippen molar-refractivity contribution < 1.29 is 27.0 Å². The Morgan fingerprint density at radius 2 is 2.02 bits per heavy atom. The van der Waals surface area contributed by atoms with E-state index < -0.39 is 30.0 Å². The summed E-state index contributed by atoms with van der Waals surface area (Å²) in [5.41, 5.74) is 1.63. The monoisotopic (exact) mass is 586 g/mol. The molecular weight excluding hydrogens is 564 g/mol. The van der Waals surface area contributed by atoms with Gasteiger partial charge < -0.3 is 14.0 Å². The zero-order valence-electron chi connectivity index (χ0n) is 21.6. The minimum atomic E-state index is -4.70. The number of rotatable bonds is 7. The van der Waals surface area contributed by atoms with Gasteiger partial charge in [-0.3, -0.25) is 4.90 Å². The summed E-state index contributed by atoms with van der Waals surface area (Å²) in [7, 11) is 0. The highest BCUT2D eigenvalue weighted by molar-refractivity contribution is 6.30. The van der Waals surface area contributed by atoms with Crippen LogP contribution >= 0.6 is 11.6 Å². The number of halogens is 5. The van der Waals surface area contributed by atoms with Crippen LogP contribution in [-0.2, 0) is 43.6 Å². The normalized spacial score (nSPS) is 17.2. The molecular formula is C28H23ClF4N6O2. The average molecular weight is 587 g/mol. The highest BCUT2D eigenvalue weighted by Crippen LogP contribution is 2.38. The molecule has 6 rings (SSSR count). The summed E-state index contributed by atoms with van der Waals surface area (Å²) in [5.74, 6) is -0.569. The van der Waals surface area contributed by atoms with Gasteiger partial charge in [0.25, 0.3) is 0 Å². The van der Waals surface area contributed by atoms with Crippen LogP contribution in [0.5, 0.6) is 5.88 Å². The third-order valence-electron chi connectivity index (χ3n) is 7.25. The van der Waals surface area contributed by atoms with Crippen molar-refractivity contribution in [3.05, 3.63) is 81.1 Å². The van der Waals surface area contributed by atoms with Crippen molar-refractivity contribution in [1.29, 1.82) is 5.26 Å². The summed E-state index contributed by atoms with van der Waals surface area (Å²) >= 11 is 5.78. The molecule has 2 aliphatic heterocycles. The van der Waals surface area contributed by atoms with E-state index >= 15 is 0 Å². The van der Waals surface area contributed by atoms with E-state index in [-0.39, 0.29) is 23.2 Å². The average Bonchev–Trinajstić information content (AvgIpc) is 3.24. The second-order valence-electron chi connectivity index (χ2n) is 10.0. The summed E-state index contributed by atoms with van der Waals surface area (Å²) < 4.78 is 69.0. The Morgan fingerprint density at radius 3 is 2.73 bits per heavy atom. The van der Waals surface area contributed by atoms with Gasteiger partial charge in [-0.15, -0.1) is 0 Å². The zero-order valence-corrected chi connectivity index (χ0v) is 22.3. The minimum absolute atomic E-state index is 0.0401. The molecule has 0 saturated carbocycles. The van der Waals surface area contributed by atoms with Gasteiger partial charge in [0.2, 0.25) is 5.88 Å². The number of hydrogen-bond acceptors (Lipinski definition) is 7. The number of hydrogen-bond donors (Lipinski definition) is 0. The molecule has 3 aromatic heterocycles. The number of pyridine rings is 2. The zero-order chi connectivity index (χ0) is 28.7. The maximum Gasteiger partial charge on any atom is 0.421 e.